The second-order valence-electron chi connectivity index (χ2n) is 6.36. The van der Waals surface area contributed by atoms with Crippen LogP contribution in [-0.4, -0.2) is 42.5 Å². The lowest BCUT2D eigenvalue weighted by Crippen LogP contribution is -2.44. The number of piperidine rings is 1. The molecular formula is C18H24N2O3. The van der Waals surface area contributed by atoms with E-state index in [-0.39, 0.29) is 18.4 Å². The molecule has 1 atom stereocenters. The molecule has 5 heteroatoms. The molecule has 2 fully saturated rings. The standard InChI is InChI=1S/C18H24N2O3/c1-14-5-2-3-11-19(14)18(22)13-23-16-9-7-15(8-10-16)20-12-4-6-17(20)21/h7-10,14H,2-6,11-13H2,1H3. The number of hydrogen-bond donors (Lipinski definition) is 0. The fourth-order valence-electron chi connectivity index (χ4n) is 3.34. The van der Waals surface area contributed by atoms with Crippen molar-refractivity contribution in [3.63, 3.8) is 0 Å². The van der Waals surface area contributed by atoms with Crippen molar-refractivity contribution in [3.8, 4) is 5.75 Å². The van der Waals surface area contributed by atoms with Gasteiger partial charge in [-0.15, -0.1) is 0 Å². The first-order valence-electron chi connectivity index (χ1n) is 8.48. The van der Waals surface area contributed by atoms with Gasteiger partial charge in [-0.25, -0.2) is 0 Å². The van der Waals surface area contributed by atoms with Crippen molar-refractivity contribution in [2.45, 2.75) is 45.1 Å². The highest BCUT2D eigenvalue weighted by Crippen LogP contribution is 2.24. The molecule has 2 amide bonds. The number of hydrogen-bond acceptors (Lipinski definition) is 3. The molecule has 0 spiro atoms. The number of ether oxygens (including phenoxy) is 1. The maximum atomic E-state index is 12.2. The third kappa shape index (κ3) is 3.66. The third-order valence-electron chi connectivity index (χ3n) is 4.71. The van der Waals surface area contributed by atoms with Crippen LogP contribution in [0.5, 0.6) is 5.75 Å². The Bertz CT molecular complexity index is 570. The zero-order valence-electron chi connectivity index (χ0n) is 13.7. The molecule has 0 aliphatic carbocycles. The molecule has 2 heterocycles. The molecule has 0 saturated carbocycles. The van der Waals surface area contributed by atoms with Crippen LogP contribution >= 0.6 is 0 Å². The summed E-state index contributed by atoms with van der Waals surface area (Å²) in [4.78, 5) is 27.7. The number of likely N-dealkylation sites (tertiary alicyclic amines) is 1. The van der Waals surface area contributed by atoms with E-state index in [4.69, 9.17) is 4.74 Å². The Morgan fingerprint density at radius 1 is 1.17 bits per heavy atom. The van der Waals surface area contributed by atoms with Crippen LogP contribution in [0, 0.1) is 0 Å². The van der Waals surface area contributed by atoms with Gasteiger partial charge in [0.2, 0.25) is 5.91 Å². The predicted molar refractivity (Wildman–Crippen MR) is 88.6 cm³/mol. The van der Waals surface area contributed by atoms with Crippen LogP contribution in [-0.2, 0) is 9.59 Å². The van der Waals surface area contributed by atoms with Gasteiger partial charge in [0.25, 0.3) is 5.91 Å². The first-order chi connectivity index (χ1) is 11.1. The summed E-state index contributed by atoms with van der Waals surface area (Å²) in [5.41, 5.74) is 0.899. The average Bonchev–Trinajstić information content (AvgIpc) is 2.99. The summed E-state index contributed by atoms with van der Waals surface area (Å²) in [7, 11) is 0. The number of benzene rings is 1. The maximum Gasteiger partial charge on any atom is 0.260 e. The van der Waals surface area contributed by atoms with E-state index in [1.54, 1.807) is 4.90 Å². The van der Waals surface area contributed by atoms with E-state index < -0.39 is 0 Å². The fourth-order valence-corrected chi connectivity index (χ4v) is 3.34. The zero-order valence-corrected chi connectivity index (χ0v) is 13.7. The van der Waals surface area contributed by atoms with E-state index in [0.717, 1.165) is 38.0 Å². The van der Waals surface area contributed by atoms with Gasteiger partial charge in [-0.05, 0) is 56.9 Å². The van der Waals surface area contributed by atoms with Crippen LogP contribution in [0.1, 0.15) is 39.0 Å². The molecular weight excluding hydrogens is 292 g/mol. The topological polar surface area (TPSA) is 49.9 Å². The number of anilines is 1. The Morgan fingerprint density at radius 2 is 1.96 bits per heavy atom. The quantitative estimate of drug-likeness (QED) is 0.858. The van der Waals surface area contributed by atoms with E-state index in [0.29, 0.717) is 18.2 Å². The van der Waals surface area contributed by atoms with Gasteiger partial charge in [0.05, 0.1) is 0 Å². The Balaban J connectivity index is 1.54. The van der Waals surface area contributed by atoms with Crippen molar-refractivity contribution >= 4 is 17.5 Å². The summed E-state index contributed by atoms with van der Waals surface area (Å²) in [6.07, 6.45) is 4.89. The minimum atomic E-state index is 0.0518. The van der Waals surface area contributed by atoms with Gasteiger partial charge < -0.3 is 14.5 Å². The smallest absolute Gasteiger partial charge is 0.260 e. The van der Waals surface area contributed by atoms with Gasteiger partial charge in [0.15, 0.2) is 6.61 Å². The Morgan fingerprint density at radius 3 is 2.61 bits per heavy atom. The second-order valence-corrected chi connectivity index (χ2v) is 6.36. The number of carbonyl (C=O) groups is 2. The van der Waals surface area contributed by atoms with Gasteiger partial charge in [-0.1, -0.05) is 0 Å². The average molecular weight is 316 g/mol. The van der Waals surface area contributed by atoms with E-state index in [1.165, 1.54) is 6.42 Å². The van der Waals surface area contributed by atoms with Crippen LogP contribution in [0.15, 0.2) is 24.3 Å². The van der Waals surface area contributed by atoms with Gasteiger partial charge >= 0.3 is 0 Å². The van der Waals surface area contributed by atoms with Gasteiger partial charge in [0.1, 0.15) is 5.75 Å². The monoisotopic (exact) mass is 316 g/mol. The molecule has 0 bridgehead atoms. The van der Waals surface area contributed by atoms with Crippen LogP contribution in [0.3, 0.4) is 0 Å². The number of rotatable bonds is 4. The molecule has 3 rings (SSSR count). The summed E-state index contributed by atoms with van der Waals surface area (Å²) >= 11 is 0. The molecule has 2 saturated heterocycles. The lowest BCUT2D eigenvalue weighted by Gasteiger charge is -2.33. The van der Waals surface area contributed by atoms with Crippen molar-refractivity contribution in [1.82, 2.24) is 4.90 Å². The van der Waals surface area contributed by atoms with E-state index in [9.17, 15) is 9.59 Å². The minimum absolute atomic E-state index is 0.0518. The lowest BCUT2D eigenvalue weighted by atomic mass is 10.0. The SMILES string of the molecule is CC1CCCCN1C(=O)COc1ccc(N2CCCC2=O)cc1. The number of nitrogens with zero attached hydrogens (tertiary/aromatic N) is 2. The van der Waals surface area contributed by atoms with Gasteiger partial charge in [-0.3, -0.25) is 9.59 Å². The van der Waals surface area contributed by atoms with Crippen LogP contribution in [0.4, 0.5) is 5.69 Å². The molecule has 0 radical (unpaired) electrons. The van der Waals surface area contributed by atoms with Crippen molar-refractivity contribution in [3.05, 3.63) is 24.3 Å². The molecule has 23 heavy (non-hydrogen) atoms. The maximum absolute atomic E-state index is 12.2. The molecule has 2 aliphatic heterocycles. The summed E-state index contributed by atoms with van der Waals surface area (Å²) < 4.78 is 5.62. The second kappa shape index (κ2) is 7.02. The molecule has 2 aliphatic rings. The van der Waals surface area contributed by atoms with Gasteiger partial charge in [0, 0.05) is 31.2 Å². The normalized spacial score (nSPS) is 21.6. The predicted octanol–water partition coefficient (Wildman–Crippen LogP) is 2.59. The third-order valence-corrected chi connectivity index (χ3v) is 4.71. The van der Waals surface area contributed by atoms with Crippen molar-refractivity contribution < 1.29 is 14.3 Å². The van der Waals surface area contributed by atoms with E-state index in [1.807, 2.05) is 29.2 Å². The van der Waals surface area contributed by atoms with Crippen LogP contribution < -0.4 is 9.64 Å². The van der Waals surface area contributed by atoms with Gasteiger partial charge in [-0.2, -0.15) is 0 Å². The Hall–Kier alpha value is -2.04. The Kier molecular flexibility index (Phi) is 4.84. The molecule has 5 nitrogen and oxygen atoms in total. The number of carbonyl (C=O) groups excluding carboxylic acids is 2. The van der Waals surface area contributed by atoms with Crippen LogP contribution in [0.25, 0.3) is 0 Å². The Labute approximate surface area is 137 Å². The summed E-state index contributed by atoms with van der Waals surface area (Å²) in [5.74, 6) is 0.891. The number of amides is 2. The molecule has 0 aromatic heterocycles. The van der Waals surface area contributed by atoms with Crippen LogP contribution in [0.2, 0.25) is 0 Å². The summed E-state index contributed by atoms with van der Waals surface area (Å²) in [6, 6.07) is 7.73. The van der Waals surface area contributed by atoms with Crippen molar-refractivity contribution in [2.75, 3.05) is 24.6 Å². The summed E-state index contributed by atoms with van der Waals surface area (Å²) in [6.45, 7) is 3.79. The molecule has 1 aromatic carbocycles. The highest BCUT2D eigenvalue weighted by atomic mass is 16.5. The fraction of sp³-hybridized carbons (Fsp3) is 0.556. The largest absolute Gasteiger partial charge is 0.484 e. The molecule has 1 aromatic rings. The first-order valence-corrected chi connectivity index (χ1v) is 8.48. The molecule has 0 N–H and O–H groups in total. The summed E-state index contributed by atoms with van der Waals surface area (Å²) in [5, 5.41) is 0. The molecule has 1 unspecified atom stereocenters. The van der Waals surface area contributed by atoms with E-state index >= 15 is 0 Å². The highest BCUT2D eigenvalue weighted by Gasteiger charge is 2.24. The highest BCUT2D eigenvalue weighted by molar-refractivity contribution is 5.95. The van der Waals surface area contributed by atoms with Crippen molar-refractivity contribution in [2.24, 2.45) is 0 Å². The zero-order chi connectivity index (χ0) is 16.2. The first kappa shape index (κ1) is 15.8. The minimum Gasteiger partial charge on any atom is -0.484 e. The lowest BCUT2D eigenvalue weighted by molar-refractivity contribution is -0.136. The van der Waals surface area contributed by atoms with Crippen molar-refractivity contribution in [1.29, 1.82) is 0 Å². The van der Waals surface area contributed by atoms with E-state index in [2.05, 4.69) is 6.92 Å². The molecule has 124 valence electrons.